The van der Waals surface area contributed by atoms with Crippen molar-refractivity contribution in [2.75, 3.05) is 20.2 Å². The van der Waals surface area contributed by atoms with E-state index in [0.717, 1.165) is 32.4 Å². The summed E-state index contributed by atoms with van der Waals surface area (Å²) in [6.45, 7) is 6.01. The number of carbonyl (C=O) groups excluding carboxylic acids is 1. The minimum Gasteiger partial charge on any atom is -0.372 e. The normalized spacial score (nSPS) is 22.1. The Morgan fingerprint density at radius 2 is 2.13 bits per heavy atom. The van der Waals surface area contributed by atoms with Crippen LogP contribution in [0.3, 0.4) is 0 Å². The molecule has 1 amide bonds. The Labute approximate surface area is 91.8 Å². The zero-order valence-corrected chi connectivity index (χ0v) is 9.93. The van der Waals surface area contributed by atoms with Crippen LogP contribution in [0, 0.1) is 0 Å². The van der Waals surface area contributed by atoms with Crippen molar-refractivity contribution in [3.8, 4) is 0 Å². The number of amides is 1. The van der Waals surface area contributed by atoms with Crippen LogP contribution < -0.4 is 10.6 Å². The molecule has 0 aromatic heterocycles. The fourth-order valence-corrected chi connectivity index (χ4v) is 1.94. The predicted molar refractivity (Wildman–Crippen MR) is 59.7 cm³/mol. The van der Waals surface area contributed by atoms with Crippen molar-refractivity contribution in [2.45, 2.75) is 44.8 Å². The van der Waals surface area contributed by atoms with Crippen LogP contribution in [0.4, 0.5) is 0 Å². The van der Waals surface area contributed by atoms with E-state index in [1.807, 2.05) is 6.92 Å². The van der Waals surface area contributed by atoms with Gasteiger partial charge in [0.25, 0.3) is 0 Å². The van der Waals surface area contributed by atoms with E-state index in [4.69, 9.17) is 4.74 Å². The molecule has 0 aliphatic carbocycles. The first-order valence-corrected chi connectivity index (χ1v) is 5.67. The minimum atomic E-state index is -0.309. The summed E-state index contributed by atoms with van der Waals surface area (Å²) >= 11 is 0. The molecule has 0 radical (unpaired) electrons. The highest BCUT2D eigenvalue weighted by atomic mass is 16.5. The molecule has 0 saturated carbocycles. The van der Waals surface area contributed by atoms with Crippen molar-refractivity contribution in [3.05, 3.63) is 0 Å². The quantitative estimate of drug-likeness (QED) is 0.723. The van der Waals surface area contributed by atoms with E-state index >= 15 is 0 Å². The van der Waals surface area contributed by atoms with Crippen molar-refractivity contribution >= 4 is 5.91 Å². The molecular formula is C11H22N2O2. The number of nitrogens with one attached hydrogen (secondary N) is 2. The molecule has 1 aliphatic heterocycles. The molecule has 1 saturated heterocycles. The van der Waals surface area contributed by atoms with Crippen LogP contribution in [0.15, 0.2) is 0 Å². The smallest absolute Gasteiger partial charge is 0.249 e. The summed E-state index contributed by atoms with van der Waals surface area (Å²) in [6.07, 6.45) is 2.38. The molecule has 1 fully saturated rings. The van der Waals surface area contributed by atoms with Crippen molar-refractivity contribution in [2.24, 2.45) is 0 Å². The molecule has 2 N–H and O–H groups in total. The molecule has 1 atom stereocenters. The van der Waals surface area contributed by atoms with E-state index in [9.17, 15) is 4.79 Å². The lowest BCUT2D eigenvalue weighted by Crippen LogP contribution is -2.54. The molecule has 4 heteroatoms. The topological polar surface area (TPSA) is 50.4 Å². The Kier molecular flexibility index (Phi) is 4.54. The summed E-state index contributed by atoms with van der Waals surface area (Å²) in [5.41, 5.74) is -0.0612. The first-order chi connectivity index (χ1) is 7.11. The Morgan fingerprint density at radius 3 is 2.60 bits per heavy atom. The van der Waals surface area contributed by atoms with Crippen molar-refractivity contribution in [1.29, 1.82) is 0 Å². The van der Waals surface area contributed by atoms with Gasteiger partial charge in [0.1, 0.15) is 6.10 Å². The molecule has 0 bridgehead atoms. The summed E-state index contributed by atoms with van der Waals surface area (Å²) in [7, 11) is 1.58. The van der Waals surface area contributed by atoms with Crippen LogP contribution in [-0.2, 0) is 9.53 Å². The van der Waals surface area contributed by atoms with Gasteiger partial charge in [0.05, 0.1) is 0 Å². The lowest BCUT2D eigenvalue weighted by molar-refractivity contribution is -0.133. The van der Waals surface area contributed by atoms with Gasteiger partial charge in [0.15, 0.2) is 0 Å². The summed E-state index contributed by atoms with van der Waals surface area (Å²) in [5.74, 6) is 0.0180. The second-order valence-corrected chi connectivity index (χ2v) is 4.43. The second kappa shape index (κ2) is 5.47. The molecule has 1 aliphatic rings. The summed E-state index contributed by atoms with van der Waals surface area (Å²) in [4.78, 5) is 11.8. The Bertz CT molecular complexity index is 209. The molecule has 0 spiro atoms. The molecule has 1 unspecified atom stereocenters. The second-order valence-electron chi connectivity index (χ2n) is 4.43. The van der Waals surface area contributed by atoms with Crippen molar-refractivity contribution in [3.63, 3.8) is 0 Å². The molecule has 1 rings (SSSR count). The SMILES string of the molecule is CCC(OC)C(=O)NC1(C)CCNCC1. The average Bonchev–Trinajstić information content (AvgIpc) is 2.19. The van der Waals surface area contributed by atoms with Gasteiger partial charge in [-0.1, -0.05) is 6.92 Å². The van der Waals surface area contributed by atoms with E-state index in [1.165, 1.54) is 0 Å². The first-order valence-electron chi connectivity index (χ1n) is 5.67. The highest BCUT2D eigenvalue weighted by Gasteiger charge is 2.30. The van der Waals surface area contributed by atoms with Crippen LogP contribution in [0.25, 0.3) is 0 Å². The number of methoxy groups -OCH3 is 1. The lowest BCUT2D eigenvalue weighted by atomic mass is 9.90. The fourth-order valence-electron chi connectivity index (χ4n) is 1.94. The maximum atomic E-state index is 11.8. The van der Waals surface area contributed by atoms with Crippen molar-refractivity contribution < 1.29 is 9.53 Å². The maximum Gasteiger partial charge on any atom is 0.249 e. The number of carbonyl (C=O) groups is 1. The predicted octanol–water partition coefficient (Wildman–Crippen LogP) is 0.670. The third-order valence-corrected chi connectivity index (χ3v) is 3.08. The molecule has 4 nitrogen and oxygen atoms in total. The highest BCUT2D eigenvalue weighted by Crippen LogP contribution is 2.17. The zero-order valence-electron chi connectivity index (χ0n) is 9.93. The van der Waals surface area contributed by atoms with E-state index in [-0.39, 0.29) is 17.6 Å². The third kappa shape index (κ3) is 3.47. The number of piperidine rings is 1. The van der Waals surface area contributed by atoms with E-state index in [0.29, 0.717) is 0 Å². The summed E-state index contributed by atoms with van der Waals surface area (Å²) in [5, 5.41) is 6.38. The van der Waals surface area contributed by atoms with Gasteiger partial charge in [-0.15, -0.1) is 0 Å². The summed E-state index contributed by atoms with van der Waals surface area (Å²) in [6, 6.07) is 0. The molecular weight excluding hydrogens is 192 g/mol. The van der Waals surface area contributed by atoms with Gasteiger partial charge in [-0.05, 0) is 39.3 Å². The molecule has 1 heterocycles. The van der Waals surface area contributed by atoms with Crippen molar-refractivity contribution in [1.82, 2.24) is 10.6 Å². The van der Waals surface area contributed by atoms with E-state index < -0.39 is 0 Å². The van der Waals surface area contributed by atoms with Crippen LogP contribution in [0.2, 0.25) is 0 Å². The maximum absolute atomic E-state index is 11.8. The monoisotopic (exact) mass is 214 g/mol. The minimum absolute atomic E-state index is 0.0180. The number of rotatable bonds is 4. The largest absolute Gasteiger partial charge is 0.372 e. The Morgan fingerprint density at radius 1 is 1.53 bits per heavy atom. The lowest BCUT2D eigenvalue weighted by Gasteiger charge is -2.35. The van der Waals surface area contributed by atoms with Crippen LogP contribution in [0.5, 0.6) is 0 Å². The number of hydrogen-bond acceptors (Lipinski definition) is 3. The fraction of sp³-hybridized carbons (Fsp3) is 0.909. The van der Waals surface area contributed by atoms with Crippen LogP contribution in [-0.4, -0.2) is 37.7 Å². The molecule has 0 aromatic carbocycles. The highest BCUT2D eigenvalue weighted by molar-refractivity contribution is 5.81. The van der Waals surface area contributed by atoms with Crippen LogP contribution >= 0.6 is 0 Å². The molecule has 15 heavy (non-hydrogen) atoms. The van der Waals surface area contributed by atoms with Gasteiger partial charge in [-0.2, -0.15) is 0 Å². The van der Waals surface area contributed by atoms with Gasteiger partial charge in [-0.25, -0.2) is 0 Å². The van der Waals surface area contributed by atoms with E-state index in [1.54, 1.807) is 7.11 Å². The van der Waals surface area contributed by atoms with E-state index in [2.05, 4.69) is 17.6 Å². The Balaban J connectivity index is 2.48. The Hall–Kier alpha value is -0.610. The first kappa shape index (κ1) is 12.5. The molecule has 0 aromatic rings. The summed E-state index contributed by atoms with van der Waals surface area (Å²) < 4.78 is 5.12. The van der Waals surface area contributed by atoms with Crippen LogP contribution in [0.1, 0.15) is 33.1 Å². The number of ether oxygens (including phenoxy) is 1. The van der Waals surface area contributed by atoms with Gasteiger partial charge >= 0.3 is 0 Å². The molecule has 88 valence electrons. The standard InChI is InChI=1S/C11H22N2O2/c1-4-9(15-3)10(14)13-11(2)5-7-12-8-6-11/h9,12H,4-8H2,1-3H3,(H,13,14). The van der Waals surface area contributed by atoms with Gasteiger partial charge in [0, 0.05) is 12.6 Å². The number of hydrogen-bond donors (Lipinski definition) is 2. The van der Waals surface area contributed by atoms with Gasteiger partial charge < -0.3 is 15.4 Å². The average molecular weight is 214 g/mol. The zero-order chi connectivity index (χ0) is 11.3. The van der Waals surface area contributed by atoms with Gasteiger partial charge in [0.2, 0.25) is 5.91 Å². The third-order valence-electron chi connectivity index (χ3n) is 3.08. The van der Waals surface area contributed by atoms with Gasteiger partial charge in [-0.3, -0.25) is 4.79 Å².